The molecule has 0 fully saturated rings. The fraction of sp³-hybridized carbons (Fsp3) is 1.00. The first-order valence-electron chi connectivity index (χ1n) is 9.92. The molecule has 0 saturated carbocycles. The smallest absolute Gasteiger partial charge is 0.0897 e. The Bertz CT molecular complexity index is 276. The Kier molecular flexibility index (Phi) is 22.6. The van der Waals surface area contributed by atoms with Crippen molar-refractivity contribution in [1.82, 2.24) is 16.0 Å². The fourth-order valence-electron chi connectivity index (χ4n) is 2.15. The van der Waals surface area contributed by atoms with Crippen LogP contribution < -0.4 is 16.0 Å². The molecule has 2 atom stereocenters. The summed E-state index contributed by atoms with van der Waals surface area (Å²) in [6.07, 6.45) is -0.867. The van der Waals surface area contributed by atoms with E-state index in [0.717, 1.165) is 0 Å². The molecule has 0 saturated heterocycles. The van der Waals surface area contributed by atoms with Gasteiger partial charge in [0.15, 0.2) is 0 Å². The van der Waals surface area contributed by atoms with Crippen LogP contribution in [0.5, 0.6) is 0 Å². The first kappa shape index (κ1) is 27.6. The van der Waals surface area contributed by atoms with E-state index in [-0.39, 0.29) is 6.10 Å². The minimum Gasteiger partial charge on any atom is -0.390 e. The summed E-state index contributed by atoms with van der Waals surface area (Å²) in [5, 5.41) is 28.0. The zero-order valence-electron chi connectivity index (χ0n) is 17.5. The lowest BCUT2D eigenvalue weighted by Crippen LogP contribution is -2.35. The van der Waals surface area contributed by atoms with Gasteiger partial charge in [-0.2, -0.15) is 0 Å². The van der Waals surface area contributed by atoms with Gasteiger partial charge in [0.05, 0.1) is 71.7 Å². The summed E-state index contributed by atoms with van der Waals surface area (Å²) in [5.41, 5.74) is 0. The van der Waals surface area contributed by atoms with Crippen molar-refractivity contribution in [3.05, 3.63) is 0 Å². The normalized spacial score (nSPS) is 13.7. The van der Waals surface area contributed by atoms with E-state index in [0.29, 0.717) is 92.2 Å². The third-order valence-corrected chi connectivity index (χ3v) is 3.52. The topological polar surface area (TPSA) is 123 Å². The number of aliphatic hydroxyl groups excluding tert-OH is 2. The predicted molar refractivity (Wildman–Crippen MR) is 107 cm³/mol. The van der Waals surface area contributed by atoms with E-state index in [1.54, 1.807) is 7.11 Å². The molecule has 0 aliphatic rings. The number of rotatable bonds is 23. The van der Waals surface area contributed by atoms with Crippen molar-refractivity contribution in [3.8, 4) is 0 Å². The predicted octanol–water partition coefficient (Wildman–Crippen LogP) is -2.18. The van der Waals surface area contributed by atoms with Gasteiger partial charge in [-0.05, 0) is 7.05 Å². The van der Waals surface area contributed by atoms with E-state index < -0.39 is 6.10 Å². The number of hydrogen-bond acceptors (Lipinski definition) is 10. The van der Waals surface area contributed by atoms with Crippen LogP contribution in [0.15, 0.2) is 0 Å². The van der Waals surface area contributed by atoms with Gasteiger partial charge in [-0.1, -0.05) is 0 Å². The van der Waals surface area contributed by atoms with Crippen molar-refractivity contribution in [3.63, 3.8) is 0 Å². The maximum atomic E-state index is 9.49. The van der Waals surface area contributed by atoms with Crippen molar-refractivity contribution in [2.45, 2.75) is 12.2 Å². The molecule has 0 aliphatic heterocycles. The van der Waals surface area contributed by atoms with Crippen LogP contribution in [-0.4, -0.2) is 129 Å². The van der Waals surface area contributed by atoms with Crippen molar-refractivity contribution >= 4 is 0 Å². The lowest BCUT2D eigenvalue weighted by atomic mass is 10.3. The maximum absolute atomic E-state index is 9.49. The van der Waals surface area contributed by atoms with Crippen LogP contribution in [0.2, 0.25) is 0 Å². The second-order valence-corrected chi connectivity index (χ2v) is 6.18. The van der Waals surface area contributed by atoms with Crippen LogP contribution in [0.3, 0.4) is 0 Å². The van der Waals surface area contributed by atoms with Crippen LogP contribution in [0, 0.1) is 0 Å². The van der Waals surface area contributed by atoms with Crippen LogP contribution in [0.4, 0.5) is 0 Å². The maximum Gasteiger partial charge on any atom is 0.0897 e. The molecular formula is C18H41N3O7. The third-order valence-electron chi connectivity index (χ3n) is 3.52. The quantitative estimate of drug-likeness (QED) is 0.119. The average molecular weight is 412 g/mol. The molecule has 10 heteroatoms. The number of ether oxygens (including phenoxy) is 5. The number of methoxy groups -OCH3 is 1. The first-order valence-corrected chi connectivity index (χ1v) is 9.92. The van der Waals surface area contributed by atoms with E-state index in [1.165, 1.54) is 0 Å². The molecule has 0 radical (unpaired) electrons. The Balaban J connectivity index is 3.07. The summed E-state index contributed by atoms with van der Waals surface area (Å²) in [5.74, 6) is 0. The van der Waals surface area contributed by atoms with Gasteiger partial charge in [0, 0.05) is 39.8 Å². The zero-order valence-corrected chi connectivity index (χ0v) is 17.5. The summed E-state index contributed by atoms with van der Waals surface area (Å²) in [6.45, 7) is 7.65. The molecule has 0 aromatic carbocycles. The van der Waals surface area contributed by atoms with Gasteiger partial charge in [-0.15, -0.1) is 0 Å². The summed E-state index contributed by atoms with van der Waals surface area (Å²) in [6, 6.07) is 0. The second-order valence-electron chi connectivity index (χ2n) is 6.18. The van der Waals surface area contributed by atoms with E-state index in [1.807, 2.05) is 7.05 Å². The van der Waals surface area contributed by atoms with Crippen molar-refractivity contribution in [1.29, 1.82) is 0 Å². The first-order chi connectivity index (χ1) is 13.7. The highest BCUT2D eigenvalue weighted by Crippen LogP contribution is 1.84. The molecular weight excluding hydrogens is 370 g/mol. The molecule has 0 aliphatic carbocycles. The molecule has 0 spiro atoms. The van der Waals surface area contributed by atoms with E-state index >= 15 is 0 Å². The zero-order chi connectivity index (χ0) is 20.7. The Morgan fingerprint density at radius 2 is 1.07 bits per heavy atom. The third kappa shape index (κ3) is 21.9. The molecule has 0 heterocycles. The van der Waals surface area contributed by atoms with Crippen molar-refractivity contribution < 1.29 is 33.9 Å². The summed E-state index contributed by atoms with van der Waals surface area (Å²) < 4.78 is 26.5. The minimum absolute atomic E-state index is 0.329. The molecule has 0 amide bonds. The largest absolute Gasteiger partial charge is 0.390 e. The molecule has 0 rings (SSSR count). The number of aliphatic hydroxyl groups is 2. The fourth-order valence-corrected chi connectivity index (χ4v) is 2.15. The van der Waals surface area contributed by atoms with Gasteiger partial charge in [-0.3, -0.25) is 0 Å². The van der Waals surface area contributed by atoms with E-state index in [4.69, 9.17) is 23.7 Å². The van der Waals surface area contributed by atoms with Gasteiger partial charge in [-0.25, -0.2) is 0 Å². The highest BCUT2D eigenvalue weighted by Gasteiger charge is 2.01. The Hall–Kier alpha value is -0.400. The molecule has 0 aromatic rings. The Labute approximate surface area is 169 Å². The lowest BCUT2D eigenvalue weighted by molar-refractivity contribution is -0.00155. The molecule has 28 heavy (non-hydrogen) atoms. The van der Waals surface area contributed by atoms with Crippen LogP contribution in [0.25, 0.3) is 0 Å². The minimum atomic E-state index is -0.488. The number of nitrogens with one attached hydrogen (secondary N) is 3. The average Bonchev–Trinajstić information content (AvgIpc) is 2.67. The van der Waals surface area contributed by atoms with Crippen molar-refractivity contribution in [2.24, 2.45) is 0 Å². The standard InChI is InChI=1S/C18H41N3O7/c1-19-13-17(22)14-20-3-5-25-7-9-27-11-12-28-10-8-26-6-4-21-15-18(23)16-24-2/h17-23H,3-16H2,1-2H3. The monoisotopic (exact) mass is 411 g/mol. The van der Waals surface area contributed by atoms with Crippen LogP contribution >= 0.6 is 0 Å². The van der Waals surface area contributed by atoms with Gasteiger partial charge in [0.25, 0.3) is 0 Å². The van der Waals surface area contributed by atoms with Gasteiger partial charge >= 0.3 is 0 Å². The van der Waals surface area contributed by atoms with Crippen LogP contribution in [-0.2, 0) is 23.7 Å². The molecule has 0 aromatic heterocycles. The Morgan fingerprint density at radius 1 is 0.643 bits per heavy atom. The van der Waals surface area contributed by atoms with E-state index in [9.17, 15) is 10.2 Å². The molecule has 2 unspecified atom stereocenters. The summed E-state index contributed by atoms with van der Waals surface area (Å²) >= 11 is 0. The summed E-state index contributed by atoms with van der Waals surface area (Å²) in [4.78, 5) is 0. The number of hydrogen-bond donors (Lipinski definition) is 5. The van der Waals surface area contributed by atoms with Gasteiger partial charge < -0.3 is 49.8 Å². The van der Waals surface area contributed by atoms with Gasteiger partial charge in [0.1, 0.15) is 0 Å². The highest BCUT2D eigenvalue weighted by molar-refractivity contribution is 4.60. The number of likely N-dealkylation sites (N-methyl/N-ethyl adjacent to an activating group) is 1. The molecule has 0 bridgehead atoms. The molecule has 170 valence electrons. The Morgan fingerprint density at radius 3 is 1.50 bits per heavy atom. The van der Waals surface area contributed by atoms with Crippen LogP contribution in [0.1, 0.15) is 0 Å². The molecule has 10 nitrogen and oxygen atoms in total. The van der Waals surface area contributed by atoms with Gasteiger partial charge in [0.2, 0.25) is 0 Å². The lowest BCUT2D eigenvalue weighted by Gasteiger charge is -2.11. The second kappa shape index (κ2) is 22.9. The molecule has 5 N–H and O–H groups in total. The SMILES string of the molecule is CNCC(O)CNCCOCCOCCOCCOCCNCC(O)COC. The van der Waals surface area contributed by atoms with Crippen molar-refractivity contribution in [2.75, 3.05) is 106 Å². The highest BCUT2D eigenvalue weighted by atomic mass is 16.6. The summed E-state index contributed by atoms with van der Waals surface area (Å²) in [7, 11) is 3.37. The van der Waals surface area contributed by atoms with E-state index in [2.05, 4.69) is 16.0 Å².